The van der Waals surface area contributed by atoms with E-state index in [1.165, 1.54) is 5.56 Å². The molecule has 1 atom stereocenters. The molecule has 2 aromatic carbocycles. The number of aliphatic hydroxyl groups is 1. The summed E-state index contributed by atoms with van der Waals surface area (Å²) in [5.41, 5.74) is 2.24. The first-order chi connectivity index (χ1) is 14.7. The normalized spacial score (nSPS) is 15.5. The van der Waals surface area contributed by atoms with E-state index in [-0.39, 0.29) is 18.7 Å². The zero-order valence-electron chi connectivity index (χ0n) is 17.2. The summed E-state index contributed by atoms with van der Waals surface area (Å²) < 4.78 is 5.49. The van der Waals surface area contributed by atoms with Gasteiger partial charge in [-0.15, -0.1) is 0 Å². The Morgan fingerprint density at radius 1 is 1.13 bits per heavy atom. The third-order valence-corrected chi connectivity index (χ3v) is 5.57. The molecule has 2 aromatic rings. The summed E-state index contributed by atoms with van der Waals surface area (Å²) in [6.45, 7) is 4.23. The average Bonchev–Trinajstić information content (AvgIpc) is 2.78. The zero-order valence-corrected chi connectivity index (χ0v) is 17.9. The topological polar surface area (TPSA) is 65.0 Å². The Balaban J connectivity index is 1.63. The molecule has 0 saturated carbocycles. The number of amides is 2. The Hall–Kier alpha value is -2.12. The van der Waals surface area contributed by atoms with Gasteiger partial charge in [-0.3, -0.25) is 4.90 Å². The van der Waals surface area contributed by atoms with E-state index in [9.17, 15) is 9.90 Å². The molecule has 0 bridgehead atoms. The number of carbonyl (C=O) groups excluding carboxylic acids is 1. The van der Waals surface area contributed by atoms with E-state index in [1.807, 2.05) is 54.6 Å². The number of urea groups is 1. The number of halogens is 1. The van der Waals surface area contributed by atoms with Crippen LogP contribution < -0.4 is 5.32 Å². The van der Waals surface area contributed by atoms with Gasteiger partial charge in [-0.05, 0) is 29.7 Å². The molecule has 3 rings (SSSR count). The van der Waals surface area contributed by atoms with Crippen LogP contribution in [0, 0.1) is 0 Å². The molecular weight excluding hydrogens is 402 g/mol. The smallest absolute Gasteiger partial charge is 0.317 e. The number of morpholine rings is 1. The van der Waals surface area contributed by atoms with Crippen LogP contribution >= 0.6 is 11.6 Å². The van der Waals surface area contributed by atoms with E-state index in [2.05, 4.69) is 10.2 Å². The number of aliphatic hydroxyl groups excluding tert-OH is 1. The molecule has 30 heavy (non-hydrogen) atoms. The van der Waals surface area contributed by atoms with Gasteiger partial charge in [-0.1, -0.05) is 54.1 Å². The lowest BCUT2D eigenvalue weighted by molar-refractivity contribution is 0.0164. The standard InChI is InChI=1S/C23H30ClN3O3/c24-21-8-4-7-20(17-21)22(26-12-15-30-16-13-26)18-25-23(29)27(11-14-28)10-9-19-5-2-1-3-6-19/h1-8,17,22,28H,9-16,18H2,(H,25,29). The van der Waals surface area contributed by atoms with Crippen LogP contribution in [0.4, 0.5) is 4.79 Å². The van der Waals surface area contributed by atoms with E-state index in [1.54, 1.807) is 4.90 Å². The Morgan fingerprint density at radius 2 is 1.90 bits per heavy atom. The first-order valence-corrected chi connectivity index (χ1v) is 10.8. The molecule has 162 valence electrons. The van der Waals surface area contributed by atoms with Crippen molar-refractivity contribution in [2.75, 3.05) is 52.5 Å². The van der Waals surface area contributed by atoms with Gasteiger partial charge in [0.05, 0.1) is 25.9 Å². The minimum atomic E-state index is -0.166. The molecule has 0 radical (unpaired) electrons. The maximum Gasteiger partial charge on any atom is 0.317 e. The van der Waals surface area contributed by atoms with E-state index in [0.29, 0.717) is 37.9 Å². The fourth-order valence-corrected chi connectivity index (χ4v) is 3.90. The highest BCUT2D eigenvalue weighted by Crippen LogP contribution is 2.24. The first-order valence-electron chi connectivity index (χ1n) is 10.4. The largest absolute Gasteiger partial charge is 0.395 e. The van der Waals surface area contributed by atoms with E-state index < -0.39 is 0 Å². The predicted octanol–water partition coefficient (Wildman–Crippen LogP) is 2.96. The van der Waals surface area contributed by atoms with Crippen molar-refractivity contribution < 1.29 is 14.6 Å². The van der Waals surface area contributed by atoms with Crippen molar-refractivity contribution in [3.05, 3.63) is 70.7 Å². The molecule has 1 unspecified atom stereocenters. The molecule has 0 aliphatic carbocycles. The number of hydrogen-bond acceptors (Lipinski definition) is 4. The van der Waals surface area contributed by atoms with Crippen LogP contribution in [0.25, 0.3) is 0 Å². The number of nitrogens with one attached hydrogen (secondary N) is 1. The maximum atomic E-state index is 12.9. The number of hydrogen-bond donors (Lipinski definition) is 2. The molecule has 2 amide bonds. The van der Waals surface area contributed by atoms with Crippen molar-refractivity contribution in [1.82, 2.24) is 15.1 Å². The summed E-state index contributed by atoms with van der Waals surface area (Å²) in [5, 5.41) is 13.2. The molecule has 1 heterocycles. The van der Waals surface area contributed by atoms with Gasteiger partial charge in [0.2, 0.25) is 0 Å². The Morgan fingerprint density at radius 3 is 2.60 bits per heavy atom. The summed E-state index contributed by atoms with van der Waals surface area (Å²) in [7, 11) is 0. The van der Waals surface area contributed by atoms with Crippen LogP contribution in [0.2, 0.25) is 5.02 Å². The summed E-state index contributed by atoms with van der Waals surface area (Å²) in [6, 6.07) is 17.7. The fraction of sp³-hybridized carbons (Fsp3) is 0.435. The van der Waals surface area contributed by atoms with Crippen molar-refractivity contribution in [3.8, 4) is 0 Å². The van der Waals surface area contributed by atoms with Crippen molar-refractivity contribution in [1.29, 1.82) is 0 Å². The molecule has 0 spiro atoms. The summed E-state index contributed by atoms with van der Waals surface area (Å²) in [5.74, 6) is 0. The summed E-state index contributed by atoms with van der Waals surface area (Å²) in [4.78, 5) is 16.9. The van der Waals surface area contributed by atoms with Gasteiger partial charge in [-0.2, -0.15) is 0 Å². The second-order valence-electron chi connectivity index (χ2n) is 7.35. The molecule has 1 fully saturated rings. The summed E-state index contributed by atoms with van der Waals surface area (Å²) in [6.07, 6.45) is 0.745. The average molecular weight is 432 g/mol. The van der Waals surface area contributed by atoms with Gasteiger partial charge in [0.25, 0.3) is 0 Å². The van der Waals surface area contributed by atoms with Crippen LogP contribution in [-0.4, -0.2) is 73.5 Å². The van der Waals surface area contributed by atoms with E-state index in [4.69, 9.17) is 16.3 Å². The predicted molar refractivity (Wildman–Crippen MR) is 119 cm³/mol. The first kappa shape index (κ1) is 22.6. The molecule has 1 aliphatic heterocycles. The van der Waals surface area contributed by atoms with Gasteiger partial charge in [0, 0.05) is 37.7 Å². The van der Waals surface area contributed by atoms with E-state index in [0.717, 1.165) is 25.1 Å². The highest BCUT2D eigenvalue weighted by molar-refractivity contribution is 6.30. The van der Waals surface area contributed by atoms with Crippen molar-refractivity contribution in [2.45, 2.75) is 12.5 Å². The van der Waals surface area contributed by atoms with Gasteiger partial charge in [0.1, 0.15) is 0 Å². The van der Waals surface area contributed by atoms with Crippen LogP contribution in [0.3, 0.4) is 0 Å². The second-order valence-corrected chi connectivity index (χ2v) is 7.79. The Bertz CT molecular complexity index is 784. The Kier molecular flexibility index (Phi) is 8.96. The monoisotopic (exact) mass is 431 g/mol. The van der Waals surface area contributed by atoms with Gasteiger partial charge < -0.3 is 20.1 Å². The maximum absolute atomic E-state index is 12.9. The number of ether oxygens (including phenoxy) is 1. The SMILES string of the molecule is O=C(NCC(c1cccc(Cl)c1)N1CCOCC1)N(CCO)CCc1ccccc1. The third-order valence-electron chi connectivity index (χ3n) is 5.34. The van der Waals surface area contributed by atoms with Crippen LogP contribution in [-0.2, 0) is 11.2 Å². The van der Waals surface area contributed by atoms with Crippen LogP contribution in [0.15, 0.2) is 54.6 Å². The quantitative estimate of drug-likeness (QED) is 0.640. The molecular formula is C23H30ClN3O3. The van der Waals surface area contributed by atoms with Crippen molar-refractivity contribution in [3.63, 3.8) is 0 Å². The number of rotatable bonds is 9. The lowest BCUT2D eigenvalue weighted by Gasteiger charge is -2.35. The number of nitrogens with zero attached hydrogens (tertiary/aromatic N) is 2. The zero-order chi connectivity index (χ0) is 21.2. The van der Waals surface area contributed by atoms with Gasteiger partial charge >= 0.3 is 6.03 Å². The minimum Gasteiger partial charge on any atom is -0.395 e. The Labute approximate surface area is 183 Å². The molecule has 0 aromatic heterocycles. The van der Waals surface area contributed by atoms with Crippen LogP contribution in [0.1, 0.15) is 17.2 Å². The third kappa shape index (κ3) is 6.71. The minimum absolute atomic E-state index is 0.0154. The number of benzene rings is 2. The number of carbonyl (C=O) groups is 1. The lowest BCUT2D eigenvalue weighted by Crippen LogP contribution is -2.47. The lowest BCUT2D eigenvalue weighted by atomic mass is 10.0. The highest BCUT2D eigenvalue weighted by atomic mass is 35.5. The van der Waals surface area contributed by atoms with Gasteiger partial charge in [0.15, 0.2) is 0 Å². The van der Waals surface area contributed by atoms with Gasteiger partial charge in [-0.25, -0.2) is 4.79 Å². The second kappa shape index (κ2) is 11.9. The summed E-state index contributed by atoms with van der Waals surface area (Å²) >= 11 is 6.22. The van der Waals surface area contributed by atoms with Crippen molar-refractivity contribution >= 4 is 17.6 Å². The highest BCUT2D eigenvalue weighted by Gasteiger charge is 2.24. The van der Waals surface area contributed by atoms with E-state index >= 15 is 0 Å². The fourth-order valence-electron chi connectivity index (χ4n) is 3.70. The molecule has 7 heteroatoms. The molecule has 6 nitrogen and oxygen atoms in total. The molecule has 1 saturated heterocycles. The van der Waals surface area contributed by atoms with Crippen molar-refractivity contribution in [2.24, 2.45) is 0 Å². The molecule has 2 N–H and O–H groups in total. The van der Waals surface area contributed by atoms with Crippen LogP contribution in [0.5, 0.6) is 0 Å². The molecule has 1 aliphatic rings.